The molecule has 0 saturated carbocycles. The summed E-state index contributed by atoms with van der Waals surface area (Å²) in [6.07, 6.45) is 6.63. The molecule has 7 nitrogen and oxygen atoms in total. The topological polar surface area (TPSA) is 92.5 Å². The van der Waals surface area contributed by atoms with Crippen LogP contribution in [0.2, 0.25) is 0 Å². The van der Waals surface area contributed by atoms with Gasteiger partial charge in [0.05, 0.1) is 5.92 Å². The summed E-state index contributed by atoms with van der Waals surface area (Å²) in [6, 6.07) is 15.5. The highest BCUT2D eigenvalue weighted by Crippen LogP contribution is 2.30. The summed E-state index contributed by atoms with van der Waals surface area (Å²) >= 11 is 1.59. The summed E-state index contributed by atoms with van der Waals surface area (Å²) in [5.74, 6) is -0.434. The van der Waals surface area contributed by atoms with Gasteiger partial charge in [-0.15, -0.1) is 11.8 Å². The van der Waals surface area contributed by atoms with Crippen molar-refractivity contribution >= 4 is 45.5 Å². The van der Waals surface area contributed by atoms with Gasteiger partial charge in [0.15, 0.2) is 10.7 Å². The molecule has 0 aliphatic carbocycles. The van der Waals surface area contributed by atoms with E-state index < -0.39 is 15.9 Å². The minimum atomic E-state index is -3.90. The molecule has 0 bridgehead atoms. The Labute approximate surface area is 210 Å². The number of anilines is 1. The first-order valence-corrected chi connectivity index (χ1v) is 14.1. The minimum absolute atomic E-state index is 0.0505. The first-order valence-electron chi connectivity index (χ1n) is 11.4. The largest absolute Gasteiger partial charge is 0.355 e. The molecule has 1 N–H and O–H groups in total. The van der Waals surface area contributed by atoms with Crippen molar-refractivity contribution in [2.45, 2.75) is 36.5 Å². The zero-order valence-electron chi connectivity index (χ0n) is 20.0. The fourth-order valence-corrected chi connectivity index (χ4v) is 6.33. The number of piperidine rings is 1. The first kappa shape index (κ1) is 25.2. The van der Waals surface area contributed by atoms with Gasteiger partial charge in [0.1, 0.15) is 5.69 Å². The van der Waals surface area contributed by atoms with E-state index in [0.717, 1.165) is 16.0 Å². The van der Waals surface area contributed by atoms with E-state index in [-0.39, 0.29) is 23.1 Å². The van der Waals surface area contributed by atoms with Crippen molar-refractivity contribution in [2.24, 2.45) is 5.92 Å². The molecule has 1 saturated heterocycles. The fourth-order valence-electron chi connectivity index (χ4n) is 4.10. The second kappa shape index (κ2) is 10.8. The van der Waals surface area contributed by atoms with Gasteiger partial charge >= 0.3 is 0 Å². The third kappa shape index (κ3) is 5.86. The van der Waals surface area contributed by atoms with Gasteiger partial charge in [-0.1, -0.05) is 47.1 Å². The lowest BCUT2D eigenvalue weighted by atomic mass is 9.99. The Bertz CT molecular complexity index is 1330. The summed E-state index contributed by atoms with van der Waals surface area (Å²) in [5.41, 5.74) is 3.07. The standard InChI is InChI=1S/C26H29N3O4S2/c1-18-9-11-20(12-10-18)13-14-24-25(19(2)28-33-24)35(31,32)29-15-5-6-21(17-29)26(30)27-22-7-4-8-23(16-22)34-3/h4,7-14,16,21H,5-6,15,17H2,1-3H3,(H,27,30)/b14-13+/t21-/m0/s1. The van der Waals surface area contributed by atoms with E-state index in [0.29, 0.717) is 30.8 Å². The molecule has 1 fully saturated rings. The average Bonchev–Trinajstić information content (AvgIpc) is 3.25. The molecule has 3 aromatic rings. The molecule has 0 radical (unpaired) electrons. The van der Waals surface area contributed by atoms with Crippen LogP contribution in [-0.2, 0) is 14.8 Å². The summed E-state index contributed by atoms with van der Waals surface area (Å²) in [4.78, 5) is 14.1. The highest BCUT2D eigenvalue weighted by molar-refractivity contribution is 7.98. The van der Waals surface area contributed by atoms with Crippen LogP contribution in [0.1, 0.15) is 35.4 Å². The van der Waals surface area contributed by atoms with Crippen LogP contribution in [0.3, 0.4) is 0 Å². The Kier molecular flexibility index (Phi) is 7.78. The Morgan fingerprint density at radius 3 is 2.69 bits per heavy atom. The molecule has 1 aromatic heterocycles. The SMILES string of the molecule is CSc1cccc(NC(=O)[C@H]2CCCN(S(=O)(=O)c3c(C)noc3/C=C/c3ccc(C)cc3)C2)c1. The monoisotopic (exact) mass is 511 g/mol. The third-order valence-electron chi connectivity index (χ3n) is 6.03. The summed E-state index contributed by atoms with van der Waals surface area (Å²) in [6.45, 7) is 4.08. The predicted octanol–water partition coefficient (Wildman–Crippen LogP) is 5.22. The van der Waals surface area contributed by atoms with Crippen LogP contribution in [0.25, 0.3) is 12.2 Å². The number of rotatable bonds is 7. The average molecular weight is 512 g/mol. The Balaban J connectivity index is 1.52. The Morgan fingerprint density at radius 1 is 1.17 bits per heavy atom. The van der Waals surface area contributed by atoms with Crippen molar-refractivity contribution in [3.63, 3.8) is 0 Å². The van der Waals surface area contributed by atoms with Crippen LogP contribution in [0, 0.1) is 19.8 Å². The maximum atomic E-state index is 13.6. The zero-order valence-corrected chi connectivity index (χ0v) is 21.7. The highest BCUT2D eigenvalue weighted by Gasteiger charge is 2.37. The van der Waals surface area contributed by atoms with Crippen LogP contribution >= 0.6 is 11.8 Å². The molecule has 1 atom stereocenters. The smallest absolute Gasteiger partial charge is 0.248 e. The van der Waals surface area contributed by atoms with Gasteiger partial charge in [-0.2, -0.15) is 4.31 Å². The summed E-state index contributed by atoms with van der Waals surface area (Å²) < 4.78 is 34.0. The van der Waals surface area contributed by atoms with Crippen LogP contribution in [0.5, 0.6) is 0 Å². The summed E-state index contributed by atoms with van der Waals surface area (Å²) in [7, 11) is -3.90. The molecule has 2 heterocycles. The maximum absolute atomic E-state index is 13.6. The number of thioether (sulfide) groups is 1. The van der Waals surface area contributed by atoms with Crippen LogP contribution in [-0.4, -0.2) is 43.1 Å². The lowest BCUT2D eigenvalue weighted by Crippen LogP contribution is -2.43. The molecule has 1 aliphatic heterocycles. The van der Waals surface area contributed by atoms with Crippen LogP contribution < -0.4 is 5.32 Å². The fraction of sp³-hybridized carbons (Fsp3) is 0.308. The summed E-state index contributed by atoms with van der Waals surface area (Å²) in [5, 5.41) is 6.86. The lowest BCUT2D eigenvalue weighted by molar-refractivity contribution is -0.120. The van der Waals surface area contributed by atoms with Crippen molar-refractivity contribution in [2.75, 3.05) is 24.7 Å². The first-order chi connectivity index (χ1) is 16.8. The molecular weight excluding hydrogens is 482 g/mol. The van der Waals surface area contributed by atoms with Crippen molar-refractivity contribution in [1.82, 2.24) is 9.46 Å². The van der Waals surface area contributed by atoms with Gasteiger partial charge in [0.2, 0.25) is 15.9 Å². The highest BCUT2D eigenvalue weighted by atomic mass is 32.2. The second-order valence-corrected chi connectivity index (χ2v) is 11.4. The number of sulfonamides is 1. The quantitative estimate of drug-likeness (QED) is 0.437. The van der Waals surface area contributed by atoms with Crippen molar-refractivity contribution < 1.29 is 17.7 Å². The van der Waals surface area contributed by atoms with E-state index in [1.807, 2.05) is 61.7 Å². The molecule has 184 valence electrons. The molecule has 0 spiro atoms. The number of aromatic nitrogens is 1. The molecule has 1 amide bonds. The Hall–Kier alpha value is -2.88. The van der Waals surface area contributed by atoms with Gasteiger partial charge in [-0.3, -0.25) is 4.79 Å². The predicted molar refractivity (Wildman–Crippen MR) is 140 cm³/mol. The number of nitrogens with zero attached hydrogens (tertiary/aromatic N) is 2. The number of hydrogen-bond acceptors (Lipinski definition) is 6. The second-order valence-electron chi connectivity index (χ2n) is 8.63. The maximum Gasteiger partial charge on any atom is 0.248 e. The molecule has 4 rings (SSSR count). The normalized spacial score (nSPS) is 17.1. The number of carbonyl (C=O) groups is 1. The number of benzene rings is 2. The number of aryl methyl sites for hydroxylation is 2. The molecule has 9 heteroatoms. The zero-order chi connectivity index (χ0) is 25.0. The van der Waals surface area contributed by atoms with E-state index in [9.17, 15) is 13.2 Å². The Morgan fingerprint density at radius 2 is 1.94 bits per heavy atom. The van der Waals surface area contributed by atoms with Gasteiger partial charge in [-0.25, -0.2) is 8.42 Å². The van der Waals surface area contributed by atoms with Crippen molar-refractivity contribution in [1.29, 1.82) is 0 Å². The van der Waals surface area contributed by atoms with E-state index >= 15 is 0 Å². The molecule has 1 aliphatic rings. The number of nitrogens with one attached hydrogen (secondary N) is 1. The van der Waals surface area contributed by atoms with Gasteiger partial charge < -0.3 is 9.84 Å². The number of carbonyl (C=O) groups excluding carboxylic acids is 1. The minimum Gasteiger partial charge on any atom is -0.355 e. The van der Waals surface area contributed by atoms with Crippen molar-refractivity contribution in [3.05, 3.63) is 71.1 Å². The van der Waals surface area contributed by atoms with E-state index in [2.05, 4.69) is 10.5 Å². The number of amides is 1. The molecule has 2 aromatic carbocycles. The van der Waals surface area contributed by atoms with E-state index in [1.54, 1.807) is 30.8 Å². The van der Waals surface area contributed by atoms with E-state index in [4.69, 9.17) is 4.52 Å². The van der Waals surface area contributed by atoms with E-state index in [1.165, 1.54) is 4.31 Å². The molecular formula is C26H29N3O4S2. The molecule has 0 unspecified atom stereocenters. The number of hydrogen-bond donors (Lipinski definition) is 1. The van der Waals surface area contributed by atoms with Gasteiger partial charge in [0.25, 0.3) is 0 Å². The van der Waals surface area contributed by atoms with Crippen LogP contribution in [0.15, 0.2) is 62.8 Å². The lowest BCUT2D eigenvalue weighted by Gasteiger charge is -2.31. The van der Waals surface area contributed by atoms with Gasteiger partial charge in [0, 0.05) is 23.7 Å². The third-order valence-corrected chi connectivity index (χ3v) is 8.78. The van der Waals surface area contributed by atoms with Crippen LogP contribution in [0.4, 0.5) is 5.69 Å². The van der Waals surface area contributed by atoms with Crippen molar-refractivity contribution in [3.8, 4) is 0 Å². The molecule has 35 heavy (non-hydrogen) atoms. The van der Waals surface area contributed by atoms with Gasteiger partial charge in [-0.05, 0) is 62.8 Å².